The van der Waals surface area contributed by atoms with Gasteiger partial charge in [-0.1, -0.05) is 31.6 Å². The fraction of sp³-hybridized carbons (Fsp3) is 0.760. The molecule has 0 aromatic carbocycles. The molecule has 2 fully saturated rings. The summed E-state index contributed by atoms with van der Waals surface area (Å²) in [4.78, 5) is 24.4. The van der Waals surface area contributed by atoms with Gasteiger partial charge in [0, 0.05) is 12.3 Å². The van der Waals surface area contributed by atoms with Crippen LogP contribution in [-0.2, 0) is 9.59 Å². The van der Waals surface area contributed by atoms with E-state index >= 15 is 0 Å². The zero-order valence-corrected chi connectivity index (χ0v) is 18.3. The number of aliphatic hydroxyl groups is 1. The Labute approximate surface area is 170 Å². The van der Waals surface area contributed by atoms with E-state index in [0.29, 0.717) is 23.3 Å². The van der Waals surface area contributed by atoms with Crippen LogP contribution in [0.25, 0.3) is 0 Å². The first kappa shape index (κ1) is 21.5. The van der Waals surface area contributed by atoms with Crippen molar-refractivity contribution in [2.75, 3.05) is 0 Å². The number of aldehydes is 1. The van der Waals surface area contributed by atoms with E-state index in [1.165, 1.54) is 18.4 Å². The molecule has 0 radical (unpaired) electrons. The molecule has 0 aliphatic heterocycles. The number of carbonyl (C=O) groups excluding carboxylic acids is 2. The summed E-state index contributed by atoms with van der Waals surface area (Å²) in [6.45, 7) is 10.9. The van der Waals surface area contributed by atoms with Gasteiger partial charge in [-0.15, -0.1) is 0 Å². The van der Waals surface area contributed by atoms with Crippen molar-refractivity contribution in [3.63, 3.8) is 0 Å². The highest BCUT2D eigenvalue weighted by Gasteiger charge is 2.56. The minimum Gasteiger partial charge on any atom is -0.389 e. The summed E-state index contributed by atoms with van der Waals surface area (Å²) < 4.78 is 0. The Balaban J connectivity index is 1.87. The van der Waals surface area contributed by atoms with Crippen molar-refractivity contribution in [3.05, 3.63) is 23.3 Å². The highest BCUT2D eigenvalue weighted by atomic mass is 16.3. The first-order valence-electron chi connectivity index (χ1n) is 11.1. The lowest BCUT2D eigenvalue weighted by Gasteiger charge is -2.42. The molecule has 3 nitrogen and oxygen atoms in total. The quantitative estimate of drug-likeness (QED) is 0.517. The van der Waals surface area contributed by atoms with Gasteiger partial charge in [-0.25, -0.2) is 0 Å². The van der Waals surface area contributed by atoms with E-state index in [0.717, 1.165) is 32.0 Å². The Morgan fingerprint density at radius 3 is 2.68 bits per heavy atom. The van der Waals surface area contributed by atoms with E-state index in [1.807, 2.05) is 6.08 Å². The predicted octanol–water partition coefficient (Wildman–Crippen LogP) is 5.28. The van der Waals surface area contributed by atoms with Crippen LogP contribution in [0.5, 0.6) is 0 Å². The molecule has 7 atom stereocenters. The summed E-state index contributed by atoms with van der Waals surface area (Å²) in [5, 5.41) is 11.0. The Hall–Kier alpha value is -1.22. The maximum atomic E-state index is 12.6. The topological polar surface area (TPSA) is 54.4 Å². The largest absolute Gasteiger partial charge is 0.389 e. The molecule has 2 saturated carbocycles. The summed E-state index contributed by atoms with van der Waals surface area (Å²) in [7, 11) is 0. The second kappa shape index (κ2) is 7.89. The molecule has 0 aromatic rings. The lowest BCUT2D eigenvalue weighted by molar-refractivity contribution is -0.121. The molecule has 1 N–H and O–H groups in total. The van der Waals surface area contributed by atoms with Crippen LogP contribution in [0.2, 0.25) is 0 Å². The average molecular weight is 387 g/mol. The van der Waals surface area contributed by atoms with Crippen LogP contribution in [-0.4, -0.2) is 22.8 Å². The number of hydrogen-bond donors (Lipinski definition) is 1. The van der Waals surface area contributed by atoms with Gasteiger partial charge in [0.15, 0.2) is 0 Å². The van der Waals surface area contributed by atoms with E-state index < -0.39 is 11.5 Å². The third-order valence-electron chi connectivity index (χ3n) is 8.24. The molecular weight excluding hydrogens is 348 g/mol. The van der Waals surface area contributed by atoms with Crippen molar-refractivity contribution in [1.29, 1.82) is 0 Å². The summed E-state index contributed by atoms with van der Waals surface area (Å²) in [6, 6.07) is 0. The maximum absolute atomic E-state index is 12.6. The molecule has 0 bridgehead atoms. The van der Waals surface area contributed by atoms with Crippen LogP contribution < -0.4 is 0 Å². The summed E-state index contributed by atoms with van der Waals surface area (Å²) >= 11 is 0. The molecule has 0 aromatic heterocycles. The Kier molecular flexibility index (Phi) is 6.06. The van der Waals surface area contributed by atoms with Crippen molar-refractivity contribution >= 4 is 12.1 Å². The lowest BCUT2D eigenvalue weighted by atomic mass is 9.62. The standard InChI is InChI=1S/C25H38O3/c1-16(2)7-6-8-17(3)19-11-12-24(4)13-21-23(22(27)14-25(21,5)28)18(15-26)9-10-20(19)24/h7,9,15,17,19-21,23,28H,6,8,10-14H2,1-5H3/b18-9-/t17-,19-,20-,21-,23+,24+,25+/m0/s1. The summed E-state index contributed by atoms with van der Waals surface area (Å²) in [6.07, 6.45) is 11.9. The van der Waals surface area contributed by atoms with Gasteiger partial charge in [0.2, 0.25) is 0 Å². The Bertz CT molecular complexity index is 682. The highest BCUT2D eigenvalue weighted by molar-refractivity contribution is 5.94. The smallest absolute Gasteiger partial charge is 0.146 e. The number of Topliss-reactive ketones (excluding diaryl/α,β-unsaturated/α-hetero) is 1. The lowest BCUT2D eigenvalue weighted by Crippen LogP contribution is -2.40. The molecule has 3 heteroatoms. The van der Waals surface area contributed by atoms with E-state index in [9.17, 15) is 14.7 Å². The van der Waals surface area contributed by atoms with Gasteiger partial charge >= 0.3 is 0 Å². The number of rotatable bonds is 5. The molecule has 0 amide bonds. The summed E-state index contributed by atoms with van der Waals surface area (Å²) in [5.74, 6) is 1.33. The van der Waals surface area contributed by atoms with Gasteiger partial charge in [-0.2, -0.15) is 0 Å². The summed E-state index contributed by atoms with van der Waals surface area (Å²) in [5.41, 5.74) is 1.14. The molecule has 0 spiro atoms. The first-order chi connectivity index (χ1) is 13.1. The normalized spacial score (nSPS) is 43.2. The number of hydrogen-bond acceptors (Lipinski definition) is 3. The van der Waals surface area contributed by atoms with Gasteiger partial charge < -0.3 is 5.11 Å². The minimum absolute atomic E-state index is 0.0417. The van der Waals surface area contributed by atoms with Gasteiger partial charge in [0.25, 0.3) is 0 Å². The maximum Gasteiger partial charge on any atom is 0.146 e. The number of allylic oxidation sites excluding steroid dienone is 4. The molecule has 3 aliphatic rings. The molecule has 0 heterocycles. The Morgan fingerprint density at radius 2 is 2.04 bits per heavy atom. The van der Waals surface area contributed by atoms with Crippen LogP contribution >= 0.6 is 0 Å². The van der Waals surface area contributed by atoms with E-state index in [2.05, 4.69) is 33.8 Å². The van der Waals surface area contributed by atoms with E-state index in [1.54, 1.807) is 6.92 Å². The molecule has 3 aliphatic carbocycles. The Morgan fingerprint density at radius 1 is 1.32 bits per heavy atom. The van der Waals surface area contributed by atoms with Crippen molar-refractivity contribution in [3.8, 4) is 0 Å². The third kappa shape index (κ3) is 3.92. The molecule has 0 unspecified atom stereocenters. The van der Waals surface area contributed by atoms with Crippen LogP contribution in [0.4, 0.5) is 0 Å². The van der Waals surface area contributed by atoms with Crippen molar-refractivity contribution < 1.29 is 14.7 Å². The SMILES string of the molecule is CC(C)=CCC[C@H](C)[C@@H]1CC[C@]2(C)C[C@H]3[C@H](C(=O)C[C@@]3(C)O)/C(C=O)=C\C[C@@H]12. The van der Waals surface area contributed by atoms with E-state index in [4.69, 9.17) is 0 Å². The second-order valence-electron chi connectivity index (χ2n) is 10.6. The van der Waals surface area contributed by atoms with Crippen LogP contribution in [0, 0.1) is 35.0 Å². The highest BCUT2D eigenvalue weighted by Crippen LogP contribution is 2.59. The van der Waals surface area contributed by atoms with Crippen molar-refractivity contribution in [2.24, 2.45) is 35.0 Å². The van der Waals surface area contributed by atoms with Gasteiger partial charge in [0.1, 0.15) is 12.1 Å². The third-order valence-corrected chi connectivity index (χ3v) is 8.24. The molecule has 3 rings (SSSR count). The first-order valence-corrected chi connectivity index (χ1v) is 11.1. The average Bonchev–Trinajstić information content (AvgIpc) is 3.01. The fourth-order valence-corrected chi connectivity index (χ4v) is 6.59. The zero-order valence-electron chi connectivity index (χ0n) is 18.3. The monoisotopic (exact) mass is 386 g/mol. The number of fused-ring (bicyclic) bond motifs is 2. The van der Waals surface area contributed by atoms with Crippen LogP contribution in [0.15, 0.2) is 23.3 Å². The molecular formula is C25H38O3. The fourth-order valence-electron chi connectivity index (χ4n) is 6.59. The molecule has 28 heavy (non-hydrogen) atoms. The van der Waals surface area contributed by atoms with E-state index in [-0.39, 0.29) is 23.5 Å². The van der Waals surface area contributed by atoms with Gasteiger partial charge in [0.05, 0.1) is 11.5 Å². The van der Waals surface area contributed by atoms with Gasteiger partial charge in [-0.3, -0.25) is 9.59 Å². The second-order valence-corrected chi connectivity index (χ2v) is 10.6. The van der Waals surface area contributed by atoms with Gasteiger partial charge in [-0.05, 0) is 88.0 Å². The van der Waals surface area contributed by atoms with Crippen molar-refractivity contribution in [2.45, 2.75) is 85.2 Å². The number of carbonyl (C=O) groups is 2. The predicted molar refractivity (Wildman–Crippen MR) is 113 cm³/mol. The van der Waals surface area contributed by atoms with Crippen LogP contribution in [0.1, 0.15) is 79.6 Å². The van der Waals surface area contributed by atoms with Crippen LogP contribution in [0.3, 0.4) is 0 Å². The molecule has 156 valence electrons. The van der Waals surface area contributed by atoms with Crippen molar-refractivity contribution in [1.82, 2.24) is 0 Å². The number of ketones is 1. The zero-order chi connectivity index (χ0) is 20.7. The minimum atomic E-state index is -0.998. The molecule has 0 saturated heterocycles.